The van der Waals surface area contributed by atoms with Crippen molar-refractivity contribution in [3.63, 3.8) is 0 Å². The van der Waals surface area contributed by atoms with Crippen molar-refractivity contribution in [3.8, 4) is 0 Å². The normalized spacial score (nSPS) is 15.7. The second-order valence-electron chi connectivity index (χ2n) is 7.31. The minimum Gasteiger partial charge on any atom is -0.320 e. The van der Waals surface area contributed by atoms with Gasteiger partial charge in [0.1, 0.15) is 5.69 Å². The molecule has 0 bridgehead atoms. The largest absolute Gasteiger partial charge is 0.416 e. The van der Waals surface area contributed by atoms with Crippen LogP contribution in [0.1, 0.15) is 44.9 Å². The van der Waals surface area contributed by atoms with Gasteiger partial charge in [-0.1, -0.05) is 0 Å². The summed E-state index contributed by atoms with van der Waals surface area (Å²) in [6, 6.07) is 6.59. The lowest BCUT2D eigenvalue weighted by Crippen LogP contribution is -2.43. The molecule has 0 radical (unpaired) electrons. The number of aryl methyl sites for hydroxylation is 1. The van der Waals surface area contributed by atoms with Gasteiger partial charge in [-0.25, -0.2) is 0 Å². The van der Waals surface area contributed by atoms with Gasteiger partial charge in [0.2, 0.25) is 0 Å². The molecule has 1 N–H and O–H groups in total. The highest BCUT2D eigenvalue weighted by atomic mass is 32.1. The van der Waals surface area contributed by atoms with Crippen molar-refractivity contribution < 1.29 is 22.8 Å². The van der Waals surface area contributed by atoms with Crippen LogP contribution >= 0.6 is 13.5 Å². The molecule has 2 amide bonds. The Morgan fingerprint density at radius 3 is 2.59 bits per heavy atom. The molecule has 168 valence electrons. The molecule has 0 spiro atoms. The number of hydrogen-bond donors (Lipinski definition) is 1. The molecule has 11 heteroatoms. The molecule has 0 saturated heterocycles. The molecule has 4 rings (SSSR count). The van der Waals surface area contributed by atoms with Crippen molar-refractivity contribution >= 4 is 36.7 Å². The Morgan fingerprint density at radius 2 is 1.97 bits per heavy atom. The number of alkyl halides is 3. The molecule has 2 aromatic heterocycles. The van der Waals surface area contributed by atoms with Crippen molar-refractivity contribution in [2.45, 2.75) is 26.1 Å². The van der Waals surface area contributed by atoms with E-state index in [1.165, 1.54) is 41.0 Å². The van der Waals surface area contributed by atoms with Crippen molar-refractivity contribution in [1.29, 1.82) is 0 Å². The molecular weight excluding hydrogens is 443 g/mol. The first-order valence-corrected chi connectivity index (χ1v) is 9.45. The van der Waals surface area contributed by atoms with E-state index in [2.05, 4.69) is 15.4 Å². The van der Waals surface area contributed by atoms with E-state index in [1.54, 1.807) is 18.3 Å². The first-order valence-electron chi connectivity index (χ1n) is 9.45. The van der Waals surface area contributed by atoms with Gasteiger partial charge < -0.3 is 10.2 Å². The van der Waals surface area contributed by atoms with Crippen molar-refractivity contribution in [1.82, 2.24) is 14.8 Å². The highest BCUT2D eigenvalue weighted by molar-refractivity contribution is 7.59. The van der Waals surface area contributed by atoms with E-state index in [0.29, 0.717) is 11.4 Å². The van der Waals surface area contributed by atoms with Crippen LogP contribution in [0, 0.1) is 6.92 Å². The number of nitrogens with one attached hydrogen (secondary N) is 1. The minimum absolute atomic E-state index is 0. The summed E-state index contributed by atoms with van der Waals surface area (Å²) in [6.07, 6.45) is -0.128. The van der Waals surface area contributed by atoms with Gasteiger partial charge in [-0.3, -0.25) is 19.3 Å². The van der Waals surface area contributed by atoms with Crippen LogP contribution in [0.2, 0.25) is 0 Å². The Kier molecular flexibility index (Phi) is 6.31. The molecule has 1 atom stereocenters. The summed E-state index contributed by atoms with van der Waals surface area (Å²) in [5.41, 5.74) is 0.202. The third-order valence-electron chi connectivity index (χ3n) is 5.10. The zero-order valence-corrected chi connectivity index (χ0v) is 18.1. The van der Waals surface area contributed by atoms with Gasteiger partial charge in [0.25, 0.3) is 11.8 Å². The first kappa shape index (κ1) is 23.3. The Balaban J connectivity index is 0.00000289. The van der Waals surface area contributed by atoms with Crippen molar-refractivity contribution in [2.75, 3.05) is 16.8 Å². The second-order valence-corrected chi connectivity index (χ2v) is 7.31. The van der Waals surface area contributed by atoms with E-state index in [1.807, 2.05) is 6.92 Å². The standard InChI is InChI=1S/C21H18F3N5O2.H2S/c1-12-8-15(5-6-17(12)21(22,23)24)28-11-13(2)29-18(20(28)31)16(10-26-29)19(30)27-14-4-3-7-25-9-14;/h3-10,13H,11H2,1-2H3,(H,27,30);1H2/t13-;/m0./s1. The van der Waals surface area contributed by atoms with Crippen LogP contribution in [0.15, 0.2) is 48.9 Å². The predicted octanol–water partition coefficient (Wildman–Crippen LogP) is 4.19. The van der Waals surface area contributed by atoms with E-state index < -0.39 is 23.6 Å². The van der Waals surface area contributed by atoms with Crippen LogP contribution in [0.5, 0.6) is 0 Å². The fourth-order valence-electron chi connectivity index (χ4n) is 3.62. The molecule has 7 nitrogen and oxygen atoms in total. The molecule has 1 aliphatic rings. The molecule has 0 unspecified atom stereocenters. The number of carbonyl (C=O) groups excluding carboxylic acids is 2. The molecule has 0 aliphatic carbocycles. The van der Waals surface area contributed by atoms with Crippen molar-refractivity contribution in [2.24, 2.45) is 0 Å². The number of anilines is 2. The minimum atomic E-state index is -4.47. The zero-order valence-electron chi connectivity index (χ0n) is 17.1. The lowest BCUT2D eigenvalue weighted by Gasteiger charge is -2.32. The average Bonchev–Trinajstić information content (AvgIpc) is 3.17. The number of aromatic nitrogens is 3. The summed E-state index contributed by atoms with van der Waals surface area (Å²) in [7, 11) is 0. The van der Waals surface area contributed by atoms with Gasteiger partial charge in [-0.15, -0.1) is 0 Å². The average molecular weight is 463 g/mol. The maximum Gasteiger partial charge on any atom is 0.416 e. The first-order chi connectivity index (χ1) is 14.7. The quantitative estimate of drug-likeness (QED) is 0.632. The summed E-state index contributed by atoms with van der Waals surface area (Å²) in [5.74, 6) is -1.04. The van der Waals surface area contributed by atoms with E-state index in [4.69, 9.17) is 0 Å². The lowest BCUT2D eigenvalue weighted by atomic mass is 10.0. The molecule has 32 heavy (non-hydrogen) atoms. The van der Waals surface area contributed by atoms with E-state index in [-0.39, 0.29) is 42.9 Å². The van der Waals surface area contributed by atoms with E-state index in [0.717, 1.165) is 6.07 Å². The number of rotatable bonds is 3. The number of amides is 2. The Hall–Kier alpha value is -3.34. The number of benzene rings is 1. The molecule has 1 aliphatic heterocycles. The number of pyridine rings is 1. The van der Waals surface area contributed by atoms with Crippen LogP contribution in [0.4, 0.5) is 24.5 Å². The molecule has 3 aromatic rings. The van der Waals surface area contributed by atoms with E-state index in [9.17, 15) is 22.8 Å². The highest BCUT2D eigenvalue weighted by Crippen LogP contribution is 2.35. The second kappa shape index (κ2) is 8.65. The summed E-state index contributed by atoms with van der Waals surface area (Å²) in [6.45, 7) is 3.37. The van der Waals surface area contributed by atoms with Crippen LogP contribution in [-0.2, 0) is 6.18 Å². The summed E-state index contributed by atoms with van der Waals surface area (Å²) in [5, 5.41) is 6.85. The number of halogens is 3. The summed E-state index contributed by atoms with van der Waals surface area (Å²) in [4.78, 5) is 31.3. The molecule has 0 fully saturated rings. The van der Waals surface area contributed by atoms with Gasteiger partial charge in [0.05, 0.1) is 35.2 Å². The van der Waals surface area contributed by atoms with Crippen LogP contribution < -0.4 is 10.2 Å². The summed E-state index contributed by atoms with van der Waals surface area (Å²) < 4.78 is 40.8. The fourth-order valence-corrected chi connectivity index (χ4v) is 3.62. The summed E-state index contributed by atoms with van der Waals surface area (Å²) >= 11 is 0. The smallest absolute Gasteiger partial charge is 0.320 e. The van der Waals surface area contributed by atoms with Crippen LogP contribution in [0.25, 0.3) is 0 Å². The molecular formula is C21H20F3N5O2S. The molecule has 0 saturated carbocycles. The van der Waals surface area contributed by atoms with Gasteiger partial charge in [-0.05, 0) is 49.7 Å². The predicted molar refractivity (Wildman–Crippen MR) is 117 cm³/mol. The van der Waals surface area contributed by atoms with Gasteiger partial charge in [0.15, 0.2) is 0 Å². The third kappa shape index (κ3) is 4.20. The number of hydrogen-bond acceptors (Lipinski definition) is 4. The van der Waals surface area contributed by atoms with Gasteiger partial charge in [-0.2, -0.15) is 31.8 Å². The van der Waals surface area contributed by atoms with Crippen LogP contribution in [0.3, 0.4) is 0 Å². The maximum atomic E-state index is 13.2. The molecule has 3 heterocycles. The third-order valence-corrected chi connectivity index (χ3v) is 5.10. The van der Waals surface area contributed by atoms with Gasteiger partial charge in [0, 0.05) is 18.4 Å². The number of carbonyl (C=O) groups is 2. The van der Waals surface area contributed by atoms with Crippen molar-refractivity contribution in [3.05, 3.63) is 71.3 Å². The zero-order chi connectivity index (χ0) is 22.3. The number of nitrogens with zero attached hydrogens (tertiary/aromatic N) is 4. The maximum absolute atomic E-state index is 13.2. The van der Waals surface area contributed by atoms with Crippen LogP contribution in [-0.4, -0.2) is 33.1 Å². The fraction of sp³-hybridized carbons (Fsp3) is 0.238. The Morgan fingerprint density at radius 1 is 1.22 bits per heavy atom. The Labute approximate surface area is 188 Å². The SMILES string of the molecule is Cc1cc(N2C[C@H](C)n3ncc(C(=O)Nc4cccnc4)c3C2=O)ccc1C(F)(F)F.S. The lowest BCUT2D eigenvalue weighted by molar-refractivity contribution is -0.138. The van der Waals surface area contributed by atoms with E-state index >= 15 is 0 Å². The monoisotopic (exact) mass is 463 g/mol. The molecule has 1 aromatic carbocycles. The van der Waals surface area contributed by atoms with Gasteiger partial charge >= 0.3 is 6.18 Å². The highest BCUT2D eigenvalue weighted by Gasteiger charge is 2.37. The Bertz CT molecular complexity index is 1160. The number of fused-ring (bicyclic) bond motifs is 1. The topological polar surface area (TPSA) is 80.1 Å².